The summed E-state index contributed by atoms with van der Waals surface area (Å²) in [6.07, 6.45) is 0. The Kier molecular flexibility index (Phi) is 8.60. The van der Waals surface area contributed by atoms with E-state index in [9.17, 15) is 9.59 Å². The molecule has 48 heavy (non-hydrogen) atoms. The molecule has 8 nitrogen and oxygen atoms in total. The predicted octanol–water partition coefficient (Wildman–Crippen LogP) is 8.58. The van der Waals surface area contributed by atoms with Crippen LogP contribution in [0.2, 0.25) is 0 Å². The van der Waals surface area contributed by atoms with Crippen LogP contribution < -0.4 is 29.9 Å². The number of rotatable bonds is 10. The summed E-state index contributed by atoms with van der Waals surface area (Å²) in [4.78, 5) is 28.9. The number of benzene rings is 5. The Morgan fingerprint density at radius 2 is 0.771 bits per heavy atom. The lowest BCUT2D eigenvalue weighted by Crippen LogP contribution is -2.56. The maximum Gasteiger partial charge on any atom is 0.248 e. The van der Waals surface area contributed by atoms with Gasteiger partial charge in [-0.2, -0.15) is 0 Å². The van der Waals surface area contributed by atoms with Gasteiger partial charge in [-0.25, -0.2) is 0 Å². The average Bonchev–Trinajstić information content (AvgIpc) is 3.14. The van der Waals surface area contributed by atoms with Crippen molar-refractivity contribution in [1.29, 1.82) is 0 Å². The van der Waals surface area contributed by atoms with Gasteiger partial charge in [0.1, 0.15) is 22.3 Å². The van der Waals surface area contributed by atoms with Crippen molar-refractivity contribution in [3.05, 3.63) is 132 Å². The SMILES string of the molecule is COc1ccc(C2C(Cl)C(=O)N2c2ccc(Nc3ccc(Nc4ccc(N5C(=O)C(Cl)C5c5ccc(OC)cc5)cc4)cc3)cc2)cc1. The van der Waals surface area contributed by atoms with Gasteiger partial charge in [0.25, 0.3) is 0 Å². The van der Waals surface area contributed by atoms with Crippen LogP contribution in [0.3, 0.4) is 0 Å². The Hall–Kier alpha value is -5.18. The zero-order chi connectivity index (χ0) is 33.4. The first kappa shape index (κ1) is 31.4. The minimum atomic E-state index is -0.609. The van der Waals surface area contributed by atoms with Gasteiger partial charge in [-0.05, 0) is 108 Å². The Bertz CT molecular complexity index is 1780. The second-order valence-electron chi connectivity index (χ2n) is 11.6. The maximum atomic E-state index is 12.7. The highest BCUT2D eigenvalue weighted by Crippen LogP contribution is 2.44. The van der Waals surface area contributed by atoms with E-state index in [0.29, 0.717) is 0 Å². The molecule has 0 bridgehead atoms. The fourth-order valence-electron chi connectivity index (χ4n) is 6.10. The van der Waals surface area contributed by atoms with Crippen LogP contribution in [0.4, 0.5) is 34.1 Å². The Labute approximate surface area is 288 Å². The molecule has 0 radical (unpaired) electrons. The molecule has 5 aromatic carbocycles. The zero-order valence-corrected chi connectivity index (χ0v) is 27.7. The van der Waals surface area contributed by atoms with Crippen molar-refractivity contribution >= 4 is 69.1 Å². The van der Waals surface area contributed by atoms with Gasteiger partial charge in [0.15, 0.2) is 0 Å². The third kappa shape index (κ3) is 5.89. The van der Waals surface area contributed by atoms with E-state index in [1.807, 2.05) is 121 Å². The number of β-lactam (4-membered cyclic amide) rings is 2. The van der Waals surface area contributed by atoms with Crippen molar-refractivity contribution in [2.24, 2.45) is 0 Å². The molecule has 10 heteroatoms. The van der Waals surface area contributed by atoms with E-state index >= 15 is 0 Å². The van der Waals surface area contributed by atoms with Crippen LogP contribution in [0, 0.1) is 0 Å². The summed E-state index contributed by atoms with van der Waals surface area (Å²) in [6, 6.07) is 38.1. The molecule has 2 fully saturated rings. The lowest BCUT2D eigenvalue weighted by molar-refractivity contribution is -0.124. The Balaban J connectivity index is 0.966. The highest BCUT2D eigenvalue weighted by atomic mass is 35.5. The lowest BCUT2D eigenvalue weighted by atomic mass is 9.92. The summed E-state index contributed by atoms with van der Waals surface area (Å²) < 4.78 is 10.5. The molecule has 4 atom stereocenters. The minimum Gasteiger partial charge on any atom is -0.497 e. The summed E-state index contributed by atoms with van der Waals surface area (Å²) >= 11 is 12.9. The van der Waals surface area contributed by atoms with Crippen molar-refractivity contribution in [2.45, 2.75) is 22.8 Å². The van der Waals surface area contributed by atoms with Crippen molar-refractivity contribution in [3.8, 4) is 11.5 Å². The number of carbonyl (C=O) groups excluding carboxylic acids is 2. The molecule has 2 saturated heterocycles. The number of methoxy groups -OCH3 is 2. The quantitative estimate of drug-likeness (QED) is 0.114. The van der Waals surface area contributed by atoms with E-state index in [4.69, 9.17) is 32.7 Å². The number of nitrogens with zero attached hydrogens (tertiary/aromatic N) is 2. The first-order valence-electron chi connectivity index (χ1n) is 15.4. The number of ether oxygens (including phenoxy) is 2. The van der Waals surface area contributed by atoms with Crippen LogP contribution >= 0.6 is 23.2 Å². The molecule has 2 heterocycles. The number of anilines is 6. The van der Waals surface area contributed by atoms with Crippen LogP contribution in [-0.4, -0.2) is 36.8 Å². The van der Waals surface area contributed by atoms with Crippen LogP contribution in [0.5, 0.6) is 11.5 Å². The van der Waals surface area contributed by atoms with Gasteiger partial charge in [0.05, 0.1) is 26.3 Å². The van der Waals surface area contributed by atoms with Crippen molar-refractivity contribution in [2.75, 3.05) is 34.7 Å². The predicted molar refractivity (Wildman–Crippen MR) is 192 cm³/mol. The van der Waals surface area contributed by atoms with Crippen molar-refractivity contribution in [1.82, 2.24) is 0 Å². The second kappa shape index (κ2) is 13.1. The highest BCUT2D eigenvalue weighted by Gasteiger charge is 2.48. The number of amides is 2. The molecule has 4 unspecified atom stereocenters. The molecule has 2 aliphatic heterocycles. The van der Waals surface area contributed by atoms with E-state index in [0.717, 1.165) is 56.8 Å². The first-order chi connectivity index (χ1) is 23.3. The van der Waals surface area contributed by atoms with E-state index in [1.165, 1.54) is 0 Å². The topological polar surface area (TPSA) is 83.1 Å². The summed E-state index contributed by atoms with van der Waals surface area (Å²) in [5, 5.41) is 5.60. The molecular weight excluding hydrogens is 647 g/mol. The van der Waals surface area contributed by atoms with Crippen LogP contribution in [0.15, 0.2) is 121 Å². The summed E-state index contributed by atoms with van der Waals surface area (Å²) in [5.41, 5.74) is 7.08. The van der Waals surface area contributed by atoms with E-state index in [1.54, 1.807) is 24.0 Å². The first-order valence-corrected chi connectivity index (χ1v) is 16.3. The monoisotopic (exact) mass is 678 g/mol. The smallest absolute Gasteiger partial charge is 0.248 e. The number of hydrogen-bond acceptors (Lipinski definition) is 6. The average molecular weight is 680 g/mol. The van der Waals surface area contributed by atoms with Crippen molar-refractivity contribution in [3.63, 3.8) is 0 Å². The molecule has 7 rings (SSSR count). The number of nitrogens with one attached hydrogen (secondary N) is 2. The van der Waals surface area contributed by atoms with Gasteiger partial charge in [-0.3, -0.25) is 9.59 Å². The van der Waals surface area contributed by atoms with E-state index in [2.05, 4.69) is 10.6 Å². The molecule has 0 aliphatic carbocycles. The van der Waals surface area contributed by atoms with Gasteiger partial charge in [0.2, 0.25) is 11.8 Å². The number of halogens is 2. The third-order valence-electron chi connectivity index (χ3n) is 8.73. The van der Waals surface area contributed by atoms with Gasteiger partial charge < -0.3 is 29.9 Å². The van der Waals surface area contributed by atoms with Gasteiger partial charge in [0, 0.05) is 34.1 Å². The molecule has 5 aromatic rings. The van der Waals surface area contributed by atoms with Gasteiger partial charge in [-0.1, -0.05) is 24.3 Å². The molecule has 0 spiro atoms. The number of carbonyl (C=O) groups is 2. The van der Waals surface area contributed by atoms with Gasteiger partial charge >= 0.3 is 0 Å². The lowest BCUT2D eigenvalue weighted by Gasteiger charge is -2.44. The number of alkyl halides is 2. The third-order valence-corrected chi connectivity index (χ3v) is 9.58. The second-order valence-corrected chi connectivity index (χ2v) is 12.5. The molecular formula is C38H32Cl2N4O4. The van der Waals surface area contributed by atoms with E-state index in [-0.39, 0.29) is 23.9 Å². The fraction of sp³-hybridized carbons (Fsp3) is 0.158. The summed E-state index contributed by atoms with van der Waals surface area (Å²) in [5.74, 6) is 1.27. The zero-order valence-electron chi connectivity index (χ0n) is 26.1. The molecule has 2 N–H and O–H groups in total. The van der Waals surface area contributed by atoms with Crippen LogP contribution in [0.1, 0.15) is 23.2 Å². The molecule has 242 valence electrons. The van der Waals surface area contributed by atoms with E-state index < -0.39 is 10.8 Å². The normalized spacial score (nSPS) is 20.1. The standard InChI is InChI=1S/C38H32Cl2N4O4/c1-47-31-19-3-23(4-20-31)35-33(39)37(45)43(35)29-15-11-27(12-16-29)41-25-7-9-26(10-8-25)42-28-13-17-30(18-14-28)44-36(34(40)38(44)46)24-5-21-32(48-2)22-6-24/h3-22,33-36,41-42H,1-2H3. The molecule has 2 aliphatic rings. The van der Waals surface area contributed by atoms with Crippen molar-refractivity contribution < 1.29 is 19.1 Å². The number of hydrogen-bond donors (Lipinski definition) is 2. The molecule has 2 amide bonds. The Morgan fingerprint density at radius 1 is 0.479 bits per heavy atom. The molecule has 0 saturated carbocycles. The fourth-order valence-corrected chi connectivity index (χ4v) is 6.83. The maximum absolute atomic E-state index is 12.7. The largest absolute Gasteiger partial charge is 0.497 e. The molecule has 0 aromatic heterocycles. The van der Waals surface area contributed by atoms with Gasteiger partial charge in [-0.15, -0.1) is 23.2 Å². The highest BCUT2D eigenvalue weighted by molar-refractivity contribution is 6.38. The van der Waals surface area contributed by atoms with Crippen LogP contribution in [0.25, 0.3) is 0 Å². The summed E-state index contributed by atoms with van der Waals surface area (Å²) in [7, 11) is 3.24. The minimum absolute atomic E-state index is 0.119. The Morgan fingerprint density at radius 3 is 1.06 bits per heavy atom. The summed E-state index contributed by atoms with van der Waals surface area (Å²) in [6.45, 7) is 0. The van der Waals surface area contributed by atoms with Crippen LogP contribution in [-0.2, 0) is 9.59 Å².